The van der Waals surface area contributed by atoms with E-state index >= 15 is 0 Å². The fourth-order valence-corrected chi connectivity index (χ4v) is 9.75. The van der Waals surface area contributed by atoms with Crippen molar-refractivity contribution in [2.75, 3.05) is 65.7 Å². The highest BCUT2D eigenvalue weighted by Crippen LogP contribution is 2.16. The quantitative estimate of drug-likeness (QED) is 0.0362. The Bertz CT molecular complexity index is 1040. The minimum absolute atomic E-state index is 0.0509. The van der Waals surface area contributed by atoms with Crippen molar-refractivity contribution in [2.45, 2.75) is 316 Å². The number of carbonyl (C=O) groups is 3. The number of hydrogen-bond acceptors (Lipinski definition) is 9. The molecule has 0 aromatic rings. The van der Waals surface area contributed by atoms with E-state index in [0.29, 0.717) is 45.6 Å². The summed E-state index contributed by atoms with van der Waals surface area (Å²) in [5.74, 6) is -0.163. The third-order valence-electron chi connectivity index (χ3n) is 14.5. The molecule has 0 fully saturated rings. The Balaban J connectivity index is 4.47. The van der Waals surface area contributed by atoms with Crippen LogP contribution in [0, 0.1) is 0 Å². The summed E-state index contributed by atoms with van der Waals surface area (Å²) >= 11 is 0. The van der Waals surface area contributed by atoms with Gasteiger partial charge in [-0.3, -0.25) is 14.4 Å². The van der Waals surface area contributed by atoms with Crippen LogP contribution < -0.4 is 0 Å². The maximum absolute atomic E-state index is 12.4. The fourth-order valence-electron chi connectivity index (χ4n) is 9.75. The number of rotatable bonds is 60. The third-order valence-corrected chi connectivity index (χ3v) is 14.5. The van der Waals surface area contributed by atoms with E-state index in [4.69, 9.17) is 14.2 Å². The summed E-state index contributed by atoms with van der Waals surface area (Å²) in [4.78, 5) is 42.1. The smallest absolute Gasteiger partial charge is 0.305 e. The number of aliphatic hydroxyl groups excluding tert-OH is 1. The lowest BCUT2D eigenvalue weighted by Gasteiger charge is -2.25. The zero-order chi connectivity index (χ0) is 51.6. The van der Waals surface area contributed by atoms with Gasteiger partial charge in [0.2, 0.25) is 0 Å². The van der Waals surface area contributed by atoms with Crippen molar-refractivity contribution in [3.63, 3.8) is 0 Å². The van der Waals surface area contributed by atoms with Crippen LogP contribution in [-0.2, 0) is 28.6 Å². The molecule has 0 saturated heterocycles. The molecule has 0 aromatic carbocycles. The highest BCUT2D eigenvalue weighted by Gasteiger charge is 2.11. The average molecular weight is 1010 g/mol. The molecule has 0 saturated carbocycles. The second-order valence-electron chi connectivity index (χ2n) is 21.5. The van der Waals surface area contributed by atoms with Crippen molar-refractivity contribution in [3.8, 4) is 0 Å². The Morgan fingerprint density at radius 1 is 0.268 bits per heavy atom. The maximum atomic E-state index is 12.4. The summed E-state index contributed by atoms with van der Waals surface area (Å²) in [5.41, 5.74) is 0. The van der Waals surface area contributed by atoms with Gasteiger partial charge in [0.05, 0.1) is 26.4 Å². The molecule has 0 rings (SSSR count). The Morgan fingerprint density at radius 2 is 0.479 bits per heavy atom. The molecule has 9 nitrogen and oxygen atoms in total. The summed E-state index contributed by atoms with van der Waals surface area (Å²) < 4.78 is 16.7. The van der Waals surface area contributed by atoms with E-state index in [2.05, 4.69) is 30.6 Å². The Hall–Kier alpha value is -1.71. The molecule has 0 bridgehead atoms. The molecule has 0 spiro atoms. The standard InChI is InChI=1S/C62H122N2O7/c1-4-7-10-13-16-19-22-25-28-31-43-57-69-60(66)47-37-34-40-50-63(51-41-35-38-48-61(67)70-58-44-32-29-26-23-20-17-14-11-8-5-2)53-46-54-64(55-56-65)52-42-36-39-49-62(68)71-59-45-33-30-27-24-21-18-15-12-9-6-3/h65H,4-59H2,1-3H3. The van der Waals surface area contributed by atoms with Gasteiger partial charge in [0, 0.05) is 25.8 Å². The summed E-state index contributed by atoms with van der Waals surface area (Å²) in [6.07, 6.45) is 53.8. The first kappa shape index (κ1) is 69.3. The highest BCUT2D eigenvalue weighted by molar-refractivity contribution is 5.69. The van der Waals surface area contributed by atoms with E-state index in [0.717, 1.165) is 135 Å². The Kier molecular flexibility index (Phi) is 57.7. The van der Waals surface area contributed by atoms with Gasteiger partial charge in [0.1, 0.15) is 0 Å². The number of hydrogen-bond donors (Lipinski definition) is 1. The van der Waals surface area contributed by atoms with E-state index in [1.807, 2.05) is 0 Å². The zero-order valence-corrected chi connectivity index (χ0v) is 47.9. The second-order valence-corrected chi connectivity index (χ2v) is 21.5. The normalized spacial score (nSPS) is 11.6. The molecule has 0 aromatic heterocycles. The van der Waals surface area contributed by atoms with Gasteiger partial charge in [0.25, 0.3) is 0 Å². The lowest BCUT2D eigenvalue weighted by molar-refractivity contribution is -0.144. The van der Waals surface area contributed by atoms with Crippen LogP contribution in [0.15, 0.2) is 0 Å². The number of nitrogens with zero attached hydrogens (tertiary/aromatic N) is 2. The van der Waals surface area contributed by atoms with Gasteiger partial charge < -0.3 is 29.1 Å². The van der Waals surface area contributed by atoms with E-state index in [9.17, 15) is 19.5 Å². The van der Waals surface area contributed by atoms with Crippen LogP contribution in [0.25, 0.3) is 0 Å². The highest BCUT2D eigenvalue weighted by atomic mass is 16.5. The molecule has 422 valence electrons. The summed E-state index contributed by atoms with van der Waals surface area (Å²) in [7, 11) is 0. The lowest BCUT2D eigenvalue weighted by atomic mass is 10.1. The Labute approximate surface area is 441 Å². The molecule has 0 aliphatic rings. The molecule has 0 heterocycles. The van der Waals surface area contributed by atoms with Gasteiger partial charge >= 0.3 is 17.9 Å². The van der Waals surface area contributed by atoms with Crippen molar-refractivity contribution in [2.24, 2.45) is 0 Å². The summed E-state index contributed by atoms with van der Waals surface area (Å²) in [6.45, 7) is 14.2. The summed E-state index contributed by atoms with van der Waals surface area (Å²) in [5, 5.41) is 9.83. The molecule has 0 aliphatic heterocycles. The van der Waals surface area contributed by atoms with Crippen molar-refractivity contribution in [1.82, 2.24) is 9.80 Å². The van der Waals surface area contributed by atoms with Gasteiger partial charge in [0.15, 0.2) is 0 Å². The number of aliphatic hydroxyl groups is 1. The molecule has 9 heteroatoms. The molecule has 0 unspecified atom stereocenters. The van der Waals surface area contributed by atoms with Crippen LogP contribution >= 0.6 is 0 Å². The number of carbonyl (C=O) groups excluding carboxylic acids is 3. The van der Waals surface area contributed by atoms with Crippen molar-refractivity contribution < 1.29 is 33.7 Å². The first-order chi connectivity index (χ1) is 35.0. The Morgan fingerprint density at radius 3 is 0.732 bits per heavy atom. The van der Waals surface area contributed by atoms with Gasteiger partial charge in [-0.1, -0.05) is 233 Å². The SMILES string of the molecule is CCCCCCCCCCCCCOC(=O)CCCCCN(CCO)CCCN(CCCCCC(=O)OCCCCCCCCCCCCC)CCCCCC(=O)OCCCCCCCCCCCCC. The van der Waals surface area contributed by atoms with Crippen LogP contribution in [0.2, 0.25) is 0 Å². The zero-order valence-electron chi connectivity index (χ0n) is 47.9. The van der Waals surface area contributed by atoms with E-state index in [1.165, 1.54) is 173 Å². The van der Waals surface area contributed by atoms with E-state index in [-0.39, 0.29) is 24.5 Å². The minimum Gasteiger partial charge on any atom is -0.466 e. The fraction of sp³-hybridized carbons (Fsp3) is 0.952. The average Bonchev–Trinajstić information content (AvgIpc) is 3.36. The monoisotopic (exact) mass is 1010 g/mol. The van der Waals surface area contributed by atoms with Crippen molar-refractivity contribution >= 4 is 17.9 Å². The van der Waals surface area contributed by atoms with Crippen LogP contribution in [0.1, 0.15) is 316 Å². The van der Waals surface area contributed by atoms with Crippen molar-refractivity contribution in [3.05, 3.63) is 0 Å². The predicted octanol–water partition coefficient (Wildman–Crippen LogP) is 17.2. The topological polar surface area (TPSA) is 106 Å². The van der Waals surface area contributed by atoms with Gasteiger partial charge in [-0.15, -0.1) is 0 Å². The lowest BCUT2D eigenvalue weighted by Crippen LogP contribution is -2.33. The minimum atomic E-state index is -0.0612. The first-order valence-electron chi connectivity index (χ1n) is 31.5. The molecule has 0 aliphatic carbocycles. The van der Waals surface area contributed by atoms with E-state index < -0.39 is 0 Å². The van der Waals surface area contributed by atoms with Crippen molar-refractivity contribution in [1.29, 1.82) is 0 Å². The van der Waals surface area contributed by atoms with Gasteiger partial charge in [-0.2, -0.15) is 0 Å². The van der Waals surface area contributed by atoms with Gasteiger partial charge in [-0.25, -0.2) is 0 Å². The molecule has 0 radical (unpaired) electrons. The number of esters is 3. The molecule has 71 heavy (non-hydrogen) atoms. The molecule has 1 N–H and O–H groups in total. The maximum Gasteiger partial charge on any atom is 0.305 e. The van der Waals surface area contributed by atoms with Crippen LogP contribution in [-0.4, -0.2) is 98.5 Å². The van der Waals surface area contributed by atoms with Gasteiger partial charge in [-0.05, 0) is 96.9 Å². The molecule has 0 atom stereocenters. The summed E-state index contributed by atoms with van der Waals surface area (Å²) in [6, 6.07) is 0. The molecular weight excluding hydrogens is 885 g/mol. The third kappa shape index (κ3) is 55.9. The van der Waals surface area contributed by atoms with Crippen LogP contribution in [0.4, 0.5) is 0 Å². The number of ether oxygens (including phenoxy) is 3. The largest absolute Gasteiger partial charge is 0.466 e. The van der Waals surface area contributed by atoms with Crippen LogP contribution in [0.5, 0.6) is 0 Å². The first-order valence-corrected chi connectivity index (χ1v) is 31.5. The van der Waals surface area contributed by atoms with E-state index in [1.54, 1.807) is 0 Å². The number of unbranched alkanes of at least 4 members (excludes halogenated alkanes) is 36. The second kappa shape index (κ2) is 59.2. The molecular formula is C62H122N2O7. The van der Waals surface area contributed by atoms with Crippen LogP contribution in [0.3, 0.4) is 0 Å². The predicted molar refractivity (Wildman–Crippen MR) is 302 cm³/mol. The molecule has 0 amide bonds.